The van der Waals surface area contributed by atoms with Gasteiger partial charge in [-0.2, -0.15) is 0 Å². The van der Waals surface area contributed by atoms with Crippen molar-refractivity contribution in [2.45, 2.75) is 118 Å². The van der Waals surface area contributed by atoms with E-state index in [4.69, 9.17) is 18.6 Å². The molecule has 0 spiro atoms. The molecule has 2 aliphatic rings. The fourth-order valence-electron chi connectivity index (χ4n) is 5.33. The number of nitrogens with one attached hydrogen (secondary N) is 1. The van der Waals surface area contributed by atoms with E-state index >= 15 is 8.78 Å². The van der Waals surface area contributed by atoms with E-state index in [9.17, 15) is 9.59 Å². The van der Waals surface area contributed by atoms with Crippen molar-refractivity contribution in [3.63, 3.8) is 0 Å². The molecule has 0 saturated heterocycles. The Morgan fingerprint density at radius 1 is 1.02 bits per heavy atom. The molecule has 0 radical (unpaired) electrons. The Kier molecular flexibility index (Phi) is 11.0. The largest absolute Gasteiger partial charge is 0.491 e. The zero-order chi connectivity index (χ0) is 37.6. The quantitative estimate of drug-likeness (QED) is 0.294. The standard InChI is InChI=1S/C36H53F2N5O6Si/c1-21-28(37)25(42(11)32(44)47-34(2,3)4)19-26(39-21)41-31-29(38)27(30-24(40-31)15-17-46-30)22-14-16-43(33(45)48-35(5,6)7)20-23(18-22)49-50(12,13)36(8,9)10/h14,19,23H,15-18,20H2,1-13H3,(H,39,40,41). The summed E-state index contributed by atoms with van der Waals surface area (Å²) < 4.78 is 56.1. The number of amides is 2. The van der Waals surface area contributed by atoms with E-state index in [1.165, 1.54) is 20.0 Å². The fourth-order valence-corrected chi connectivity index (χ4v) is 6.67. The number of carbonyl (C=O) groups is 2. The third-order valence-corrected chi connectivity index (χ3v) is 13.3. The molecule has 11 nitrogen and oxygen atoms in total. The number of hydrogen-bond donors (Lipinski definition) is 1. The second kappa shape index (κ2) is 14.1. The molecule has 4 rings (SSSR count). The van der Waals surface area contributed by atoms with Crippen molar-refractivity contribution in [3.05, 3.63) is 40.7 Å². The molecule has 0 aliphatic carbocycles. The number of carbonyl (C=O) groups excluding carboxylic acids is 2. The molecule has 0 fully saturated rings. The SMILES string of the molecule is Cc1nc(Nc2nc3c(c(C4=CCN(C(=O)OC(C)(C)C)CC(O[Si](C)(C)C(C)(C)C)C4)c2F)OCC3)cc(N(C)C(=O)OC(C)(C)C)c1F. The number of pyridine rings is 2. The van der Waals surface area contributed by atoms with Crippen molar-refractivity contribution in [1.29, 1.82) is 0 Å². The van der Waals surface area contributed by atoms with Crippen molar-refractivity contribution < 1.29 is 37.0 Å². The molecular weight excluding hydrogens is 665 g/mol. The van der Waals surface area contributed by atoms with Crippen molar-refractivity contribution in [2.75, 3.05) is 37.0 Å². The molecule has 0 saturated carbocycles. The lowest BCUT2D eigenvalue weighted by Crippen LogP contribution is -2.48. The molecule has 50 heavy (non-hydrogen) atoms. The van der Waals surface area contributed by atoms with Crippen molar-refractivity contribution in [1.82, 2.24) is 14.9 Å². The van der Waals surface area contributed by atoms with Crippen LogP contribution in [0.2, 0.25) is 18.1 Å². The van der Waals surface area contributed by atoms with E-state index in [-0.39, 0.29) is 46.7 Å². The van der Waals surface area contributed by atoms with Gasteiger partial charge in [-0.1, -0.05) is 26.8 Å². The normalized spacial score (nSPS) is 17.0. The number of ether oxygens (including phenoxy) is 3. The minimum atomic E-state index is -2.33. The van der Waals surface area contributed by atoms with Gasteiger partial charge in [0.05, 0.1) is 35.3 Å². The van der Waals surface area contributed by atoms with E-state index in [1.807, 2.05) is 26.8 Å². The van der Waals surface area contributed by atoms with Crippen LogP contribution in [-0.4, -0.2) is 79.4 Å². The Bertz CT molecular complexity index is 1660. The number of rotatable bonds is 6. The number of hydrogen-bond acceptors (Lipinski definition) is 9. The number of aryl methyl sites for hydroxylation is 1. The van der Waals surface area contributed by atoms with Crippen LogP contribution in [0.3, 0.4) is 0 Å². The first-order valence-electron chi connectivity index (χ1n) is 17.0. The van der Waals surface area contributed by atoms with Crippen molar-refractivity contribution in [3.8, 4) is 5.75 Å². The molecule has 0 aromatic carbocycles. The smallest absolute Gasteiger partial charge is 0.414 e. The minimum absolute atomic E-state index is 0.00938. The highest BCUT2D eigenvalue weighted by Crippen LogP contribution is 2.43. The minimum Gasteiger partial charge on any atom is -0.491 e. The number of anilines is 3. The van der Waals surface area contributed by atoms with Crippen LogP contribution >= 0.6 is 0 Å². The summed E-state index contributed by atoms with van der Waals surface area (Å²) in [5, 5.41) is 2.82. The van der Waals surface area contributed by atoms with Gasteiger partial charge in [0.2, 0.25) is 0 Å². The number of halogens is 2. The highest BCUT2D eigenvalue weighted by atomic mass is 28.4. The summed E-state index contributed by atoms with van der Waals surface area (Å²) in [6.45, 7) is 23.5. The molecule has 1 N–H and O–H groups in total. The maximum absolute atomic E-state index is 16.8. The molecular formula is C36H53F2N5O6Si. The van der Waals surface area contributed by atoms with E-state index < -0.39 is 49.4 Å². The maximum Gasteiger partial charge on any atom is 0.414 e. The zero-order valence-corrected chi connectivity index (χ0v) is 32.8. The number of fused-ring (bicyclic) bond motifs is 1. The second-order valence-electron chi connectivity index (χ2n) is 16.4. The summed E-state index contributed by atoms with van der Waals surface area (Å²) in [6.07, 6.45) is 0.872. The average molecular weight is 718 g/mol. The van der Waals surface area contributed by atoms with Crippen LogP contribution < -0.4 is 15.0 Å². The van der Waals surface area contributed by atoms with Crippen molar-refractivity contribution >= 4 is 43.4 Å². The first-order chi connectivity index (χ1) is 22.9. The van der Waals surface area contributed by atoms with Gasteiger partial charge in [-0.3, -0.25) is 4.90 Å². The Morgan fingerprint density at radius 2 is 1.66 bits per heavy atom. The summed E-state index contributed by atoms with van der Waals surface area (Å²) in [5.41, 5.74) is -0.240. The summed E-state index contributed by atoms with van der Waals surface area (Å²) in [7, 11) is -0.941. The topological polar surface area (TPSA) is 115 Å². The Labute approximate surface area is 295 Å². The highest BCUT2D eigenvalue weighted by Gasteiger charge is 2.41. The molecule has 1 unspecified atom stereocenters. The summed E-state index contributed by atoms with van der Waals surface area (Å²) in [5.74, 6) is -1.13. The van der Waals surface area contributed by atoms with Crippen LogP contribution in [0.4, 0.5) is 35.7 Å². The molecule has 14 heteroatoms. The predicted molar refractivity (Wildman–Crippen MR) is 193 cm³/mol. The molecule has 2 aromatic rings. The summed E-state index contributed by atoms with van der Waals surface area (Å²) in [6, 6.07) is 1.31. The molecule has 2 aromatic heterocycles. The van der Waals surface area contributed by atoms with Crippen LogP contribution in [0.15, 0.2) is 12.1 Å². The Balaban J connectivity index is 1.77. The van der Waals surface area contributed by atoms with Crippen LogP contribution in [0.5, 0.6) is 5.75 Å². The molecule has 0 bridgehead atoms. The monoisotopic (exact) mass is 717 g/mol. The van der Waals surface area contributed by atoms with Gasteiger partial charge in [-0.05, 0) is 78.6 Å². The van der Waals surface area contributed by atoms with Gasteiger partial charge in [-0.15, -0.1) is 0 Å². The van der Waals surface area contributed by atoms with Crippen molar-refractivity contribution in [2.24, 2.45) is 0 Å². The van der Waals surface area contributed by atoms with E-state index in [2.05, 4.69) is 49.1 Å². The fraction of sp³-hybridized carbons (Fsp3) is 0.611. The summed E-state index contributed by atoms with van der Waals surface area (Å²) in [4.78, 5) is 37.6. The number of nitrogens with zero attached hydrogens (tertiary/aromatic N) is 4. The van der Waals surface area contributed by atoms with E-state index in [1.54, 1.807) is 25.7 Å². The molecule has 2 aliphatic heterocycles. The lowest BCUT2D eigenvalue weighted by atomic mass is 9.98. The maximum atomic E-state index is 16.8. The lowest BCUT2D eigenvalue weighted by Gasteiger charge is -2.40. The number of aromatic nitrogens is 2. The van der Waals surface area contributed by atoms with Gasteiger partial charge < -0.3 is 28.9 Å². The first-order valence-corrected chi connectivity index (χ1v) is 19.9. The van der Waals surface area contributed by atoms with Gasteiger partial charge in [0.25, 0.3) is 0 Å². The van der Waals surface area contributed by atoms with Crippen LogP contribution in [-0.2, 0) is 20.3 Å². The third kappa shape index (κ3) is 9.11. The molecule has 4 heterocycles. The first kappa shape index (κ1) is 39.0. The zero-order valence-electron chi connectivity index (χ0n) is 31.8. The van der Waals surface area contributed by atoms with Gasteiger partial charge in [-0.25, -0.2) is 28.3 Å². The Hall–Kier alpha value is -3.78. The van der Waals surface area contributed by atoms with Gasteiger partial charge >= 0.3 is 12.2 Å². The predicted octanol–water partition coefficient (Wildman–Crippen LogP) is 8.53. The molecule has 2 amide bonds. The Morgan fingerprint density at radius 3 is 2.26 bits per heavy atom. The molecule has 1 atom stereocenters. The van der Waals surface area contributed by atoms with Gasteiger partial charge in [0.15, 0.2) is 31.5 Å². The average Bonchev–Trinajstić information content (AvgIpc) is 3.31. The lowest BCUT2D eigenvalue weighted by molar-refractivity contribution is 0.0195. The highest BCUT2D eigenvalue weighted by molar-refractivity contribution is 6.74. The van der Waals surface area contributed by atoms with Gasteiger partial charge in [0.1, 0.15) is 17.0 Å². The summed E-state index contributed by atoms with van der Waals surface area (Å²) >= 11 is 0. The van der Waals surface area contributed by atoms with E-state index in [0.717, 1.165) is 4.90 Å². The van der Waals surface area contributed by atoms with E-state index in [0.29, 0.717) is 36.5 Å². The van der Waals surface area contributed by atoms with Crippen LogP contribution in [0.25, 0.3) is 5.57 Å². The molecule has 276 valence electrons. The second-order valence-corrected chi connectivity index (χ2v) is 21.2. The van der Waals surface area contributed by atoms with Crippen LogP contribution in [0, 0.1) is 18.6 Å². The van der Waals surface area contributed by atoms with Crippen LogP contribution in [0.1, 0.15) is 85.7 Å². The third-order valence-electron chi connectivity index (χ3n) is 8.80. The van der Waals surface area contributed by atoms with Gasteiger partial charge in [0, 0.05) is 32.6 Å².